The van der Waals surface area contributed by atoms with Crippen LogP contribution in [0.5, 0.6) is 0 Å². The molecule has 5 nitrogen and oxygen atoms in total. The maximum atomic E-state index is 12.1. The highest BCUT2D eigenvalue weighted by atomic mass is 16.6. The Morgan fingerprint density at radius 1 is 1.23 bits per heavy atom. The van der Waals surface area contributed by atoms with Crippen molar-refractivity contribution in [3.63, 3.8) is 0 Å². The Labute approximate surface area is 156 Å². The van der Waals surface area contributed by atoms with Crippen molar-refractivity contribution in [1.82, 2.24) is 5.32 Å². The molecule has 0 aromatic heterocycles. The van der Waals surface area contributed by atoms with E-state index in [1.54, 1.807) is 0 Å². The first-order valence-electron chi connectivity index (χ1n) is 9.37. The third kappa shape index (κ3) is 5.75. The Hall–Kier alpha value is -2.04. The standard InChI is InChI=1S/C21H31NO4/c1-14-9-12-17(19(23)25-5)16(13-14)11-10-15-7-6-8-18(15)22-20(24)26-21(2,3)4/h9,12-13,15,18H,6-8,10-11H2,1-5H3,(H,22,24). The number of aryl methyl sites for hydroxylation is 2. The van der Waals surface area contributed by atoms with E-state index in [0.717, 1.165) is 43.2 Å². The molecule has 2 atom stereocenters. The Bertz CT molecular complexity index is 648. The van der Waals surface area contributed by atoms with Gasteiger partial charge in [-0.2, -0.15) is 0 Å². The third-order valence-corrected chi connectivity index (χ3v) is 4.81. The van der Waals surface area contributed by atoms with E-state index in [1.807, 2.05) is 39.8 Å². The Kier molecular flexibility index (Phi) is 6.68. The van der Waals surface area contributed by atoms with Gasteiger partial charge < -0.3 is 14.8 Å². The van der Waals surface area contributed by atoms with Crippen molar-refractivity contribution in [3.05, 3.63) is 34.9 Å². The summed E-state index contributed by atoms with van der Waals surface area (Å²) in [5, 5.41) is 3.03. The number of methoxy groups -OCH3 is 1. The van der Waals surface area contributed by atoms with E-state index >= 15 is 0 Å². The lowest BCUT2D eigenvalue weighted by Crippen LogP contribution is -2.41. The lowest BCUT2D eigenvalue weighted by atomic mass is 9.92. The van der Waals surface area contributed by atoms with Crippen molar-refractivity contribution in [3.8, 4) is 0 Å². The summed E-state index contributed by atoms with van der Waals surface area (Å²) in [6, 6.07) is 5.95. The zero-order chi connectivity index (χ0) is 19.3. The first kappa shape index (κ1) is 20.3. The molecule has 1 N–H and O–H groups in total. The van der Waals surface area contributed by atoms with Gasteiger partial charge in [-0.3, -0.25) is 0 Å². The van der Waals surface area contributed by atoms with Gasteiger partial charge in [0.05, 0.1) is 12.7 Å². The predicted octanol–water partition coefficient (Wildman–Crippen LogP) is 4.41. The molecule has 2 unspecified atom stereocenters. The van der Waals surface area contributed by atoms with Crippen LogP contribution in [0.4, 0.5) is 4.79 Å². The van der Waals surface area contributed by atoms with Crippen LogP contribution in [0.3, 0.4) is 0 Å². The largest absolute Gasteiger partial charge is 0.465 e. The molecule has 0 radical (unpaired) electrons. The molecule has 144 valence electrons. The summed E-state index contributed by atoms with van der Waals surface area (Å²) in [6.45, 7) is 7.62. The molecule has 1 aliphatic rings. The molecule has 0 heterocycles. The average molecular weight is 361 g/mol. The summed E-state index contributed by atoms with van der Waals surface area (Å²) in [7, 11) is 1.41. The maximum absolute atomic E-state index is 12.1. The van der Waals surface area contributed by atoms with Crippen LogP contribution in [0.15, 0.2) is 18.2 Å². The Balaban J connectivity index is 1.99. The van der Waals surface area contributed by atoms with Crippen LogP contribution < -0.4 is 5.32 Å². The van der Waals surface area contributed by atoms with Crippen LogP contribution in [-0.4, -0.2) is 30.8 Å². The van der Waals surface area contributed by atoms with Gasteiger partial charge in [-0.25, -0.2) is 9.59 Å². The minimum Gasteiger partial charge on any atom is -0.465 e. The van der Waals surface area contributed by atoms with Crippen molar-refractivity contribution in [2.75, 3.05) is 7.11 Å². The van der Waals surface area contributed by atoms with E-state index in [9.17, 15) is 9.59 Å². The fourth-order valence-electron chi connectivity index (χ4n) is 3.61. The van der Waals surface area contributed by atoms with Gasteiger partial charge in [0.15, 0.2) is 0 Å². The topological polar surface area (TPSA) is 64.6 Å². The second kappa shape index (κ2) is 8.56. The Morgan fingerprint density at radius 3 is 2.62 bits per heavy atom. The molecular weight excluding hydrogens is 330 g/mol. The molecule has 0 bridgehead atoms. The van der Waals surface area contributed by atoms with Crippen molar-refractivity contribution in [2.24, 2.45) is 5.92 Å². The van der Waals surface area contributed by atoms with Gasteiger partial charge in [0, 0.05) is 6.04 Å². The fraction of sp³-hybridized carbons (Fsp3) is 0.619. The molecular formula is C21H31NO4. The van der Waals surface area contributed by atoms with Crippen LogP contribution in [0.25, 0.3) is 0 Å². The molecule has 0 aliphatic heterocycles. The smallest absolute Gasteiger partial charge is 0.407 e. The molecule has 2 rings (SSSR count). The van der Waals surface area contributed by atoms with Crippen LogP contribution >= 0.6 is 0 Å². The van der Waals surface area contributed by atoms with E-state index in [-0.39, 0.29) is 18.1 Å². The van der Waals surface area contributed by atoms with E-state index in [2.05, 4.69) is 11.4 Å². The number of carbonyl (C=O) groups is 2. The second-order valence-electron chi connectivity index (χ2n) is 8.13. The van der Waals surface area contributed by atoms with Crippen LogP contribution in [0.1, 0.15) is 67.9 Å². The first-order valence-corrected chi connectivity index (χ1v) is 9.37. The summed E-state index contributed by atoms with van der Waals surface area (Å²) >= 11 is 0. The van der Waals surface area contributed by atoms with Crippen molar-refractivity contribution < 1.29 is 19.1 Å². The summed E-state index contributed by atoms with van der Waals surface area (Å²) in [6.07, 6.45) is 4.53. The van der Waals surface area contributed by atoms with Crippen LogP contribution in [0, 0.1) is 12.8 Å². The normalized spacial score (nSPS) is 19.9. The second-order valence-corrected chi connectivity index (χ2v) is 8.13. The third-order valence-electron chi connectivity index (χ3n) is 4.81. The minimum atomic E-state index is -0.491. The first-order chi connectivity index (χ1) is 12.2. The van der Waals surface area contributed by atoms with Gasteiger partial charge in [-0.15, -0.1) is 0 Å². The number of ether oxygens (including phenoxy) is 2. The molecule has 0 spiro atoms. The van der Waals surface area contributed by atoms with Crippen molar-refractivity contribution in [1.29, 1.82) is 0 Å². The van der Waals surface area contributed by atoms with Crippen LogP contribution in [-0.2, 0) is 15.9 Å². The lowest BCUT2D eigenvalue weighted by molar-refractivity contribution is 0.0491. The number of benzene rings is 1. The van der Waals surface area contributed by atoms with Crippen molar-refractivity contribution >= 4 is 12.1 Å². The summed E-state index contributed by atoms with van der Waals surface area (Å²) in [5.74, 6) is 0.100. The highest BCUT2D eigenvalue weighted by Crippen LogP contribution is 2.30. The zero-order valence-electron chi connectivity index (χ0n) is 16.6. The molecule has 1 aliphatic carbocycles. The number of alkyl carbamates (subject to hydrolysis) is 1. The van der Waals surface area contributed by atoms with Crippen LogP contribution in [0.2, 0.25) is 0 Å². The number of hydrogen-bond donors (Lipinski definition) is 1. The number of rotatable bonds is 5. The SMILES string of the molecule is COC(=O)c1ccc(C)cc1CCC1CCCC1NC(=O)OC(C)(C)C. The number of hydrogen-bond acceptors (Lipinski definition) is 4. The van der Waals surface area contributed by atoms with E-state index < -0.39 is 5.60 Å². The lowest BCUT2D eigenvalue weighted by Gasteiger charge is -2.25. The van der Waals surface area contributed by atoms with Gasteiger partial charge in [-0.1, -0.05) is 24.1 Å². The van der Waals surface area contributed by atoms with E-state index in [4.69, 9.17) is 9.47 Å². The fourth-order valence-corrected chi connectivity index (χ4v) is 3.61. The molecule has 5 heteroatoms. The summed E-state index contributed by atoms with van der Waals surface area (Å²) in [5.41, 5.74) is 2.28. The van der Waals surface area contributed by atoms with Crippen molar-refractivity contribution in [2.45, 2.75) is 71.4 Å². The molecule has 1 amide bonds. The van der Waals surface area contributed by atoms with Gasteiger partial charge in [-0.05, 0) is 70.9 Å². The van der Waals surface area contributed by atoms with Gasteiger partial charge in [0.25, 0.3) is 0 Å². The number of esters is 1. The summed E-state index contributed by atoms with van der Waals surface area (Å²) in [4.78, 5) is 24.1. The maximum Gasteiger partial charge on any atom is 0.407 e. The molecule has 1 saturated carbocycles. The monoisotopic (exact) mass is 361 g/mol. The number of amides is 1. The van der Waals surface area contributed by atoms with Gasteiger partial charge >= 0.3 is 12.1 Å². The van der Waals surface area contributed by atoms with E-state index in [1.165, 1.54) is 7.11 Å². The molecule has 0 saturated heterocycles. The molecule has 1 aromatic carbocycles. The van der Waals surface area contributed by atoms with Gasteiger partial charge in [0.1, 0.15) is 5.60 Å². The van der Waals surface area contributed by atoms with E-state index in [0.29, 0.717) is 11.5 Å². The number of carbonyl (C=O) groups excluding carboxylic acids is 2. The molecule has 1 aromatic rings. The molecule has 1 fully saturated rings. The highest BCUT2D eigenvalue weighted by Gasteiger charge is 2.30. The number of nitrogens with one attached hydrogen (secondary N) is 1. The molecule has 26 heavy (non-hydrogen) atoms. The highest BCUT2D eigenvalue weighted by molar-refractivity contribution is 5.91. The Morgan fingerprint density at radius 2 is 1.96 bits per heavy atom. The van der Waals surface area contributed by atoms with Gasteiger partial charge in [0.2, 0.25) is 0 Å². The quantitative estimate of drug-likeness (QED) is 0.789. The predicted molar refractivity (Wildman–Crippen MR) is 101 cm³/mol. The zero-order valence-corrected chi connectivity index (χ0v) is 16.6. The average Bonchev–Trinajstić information content (AvgIpc) is 2.97. The minimum absolute atomic E-state index is 0.135. The summed E-state index contributed by atoms with van der Waals surface area (Å²) < 4.78 is 10.3.